The third kappa shape index (κ3) is 3.21. The Morgan fingerprint density at radius 2 is 1.95 bits per heavy atom. The van der Waals surface area contributed by atoms with Gasteiger partial charge in [0, 0.05) is 11.1 Å². The lowest BCUT2D eigenvalue weighted by Crippen LogP contribution is -1.96. The van der Waals surface area contributed by atoms with Crippen molar-refractivity contribution in [3.8, 4) is 11.5 Å². The standard InChI is InChI=1S/C13H10ClNO4/c14-10-2-1-3-11(7-10)19-12-4-5-13(15(17)18)9(6-12)8-16/h1-7,16H,8H2. The van der Waals surface area contributed by atoms with Crippen LogP contribution in [0.3, 0.4) is 0 Å². The second-order valence-electron chi connectivity index (χ2n) is 3.77. The van der Waals surface area contributed by atoms with E-state index in [1.54, 1.807) is 24.3 Å². The smallest absolute Gasteiger partial charge is 0.275 e. The van der Waals surface area contributed by atoms with Gasteiger partial charge >= 0.3 is 0 Å². The number of aliphatic hydroxyl groups excluding tert-OH is 1. The predicted octanol–water partition coefficient (Wildman–Crippen LogP) is 3.53. The van der Waals surface area contributed by atoms with Gasteiger partial charge in [-0.2, -0.15) is 0 Å². The van der Waals surface area contributed by atoms with Gasteiger partial charge in [0.05, 0.1) is 17.1 Å². The lowest BCUT2D eigenvalue weighted by molar-refractivity contribution is -0.385. The number of halogens is 1. The summed E-state index contributed by atoms with van der Waals surface area (Å²) in [6.07, 6.45) is 0. The molecule has 0 bridgehead atoms. The quantitative estimate of drug-likeness (QED) is 0.686. The number of rotatable bonds is 4. The van der Waals surface area contributed by atoms with Crippen molar-refractivity contribution in [1.29, 1.82) is 0 Å². The van der Waals surface area contributed by atoms with E-state index in [9.17, 15) is 10.1 Å². The molecule has 0 amide bonds. The van der Waals surface area contributed by atoms with Crippen LogP contribution in [0.4, 0.5) is 5.69 Å². The number of hydrogen-bond acceptors (Lipinski definition) is 4. The molecule has 0 unspecified atom stereocenters. The van der Waals surface area contributed by atoms with Crippen LogP contribution in [0.15, 0.2) is 42.5 Å². The lowest BCUT2D eigenvalue weighted by Gasteiger charge is -2.07. The summed E-state index contributed by atoms with van der Waals surface area (Å²) in [5, 5.41) is 20.4. The monoisotopic (exact) mass is 279 g/mol. The van der Waals surface area contributed by atoms with Crippen LogP contribution in [0.1, 0.15) is 5.56 Å². The first-order chi connectivity index (χ1) is 9.10. The number of nitro benzene ring substituents is 1. The van der Waals surface area contributed by atoms with Gasteiger partial charge in [-0.15, -0.1) is 0 Å². The Hall–Kier alpha value is -2.11. The predicted molar refractivity (Wildman–Crippen MR) is 70.5 cm³/mol. The molecular weight excluding hydrogens is 270 g/mol. The first-order valence-corrected chi connectivity index (χ1v) is 5.79. The van der Waals surface area contributed by atoms with Gasteiger partial charge in [-0.3, -0.25) is 10.1 Å². The van der Waals surface area contributed by atoms with Gasteiger partial charge in [0.25, 0.3) is 5.69 Å². The molecule has 0 saturated heterocycles. The van der Waals surface area contributed by atoms with Gasteiger partial charge in [-0.05, 0) is 30.3 Å². The zero-order chi connectivity index (χ0) is 13.8. The van der Waals surface area contributed by atoms with Gasteiger partial charge < -0.3 is 9.84 Å². The summed E-state index contributed by atoms with van der Waals surface area (Å²) in [6.45, 7) is -0.428. The number of ether oxygens (including phenoxy) is 1. The molecule has 5 nitrogen and oxygen atoms in total. The molecule has 0 atom stereocenters. The molecular formula is C13H10ClNO4. The first kappa shape index (κ1) is 13.3. The summed E-state index contributed by atoms with van der Waals surface area (Å²) in [6, 6.07) is 11.0. The first-order valence-electron chi connectivity index (χ1n) is 5.42. The van der Waals surface area contributed by atoms with Crippen LogP contribution in [0.2, 0.25) is 5.02 Å². The van der Waals surface area contributed by atoms with E-state index in [2.05, 4.69) is 0 Å². The van der Waals surface area contributed by atoms with Gasteiger partial charge in [0.2, 0.25) is 0 Å². The molecule has 0 spiro atoms. The molecule has 0 radical (unpaired) electrons. The fourth-order valence-electron chi connectivity index (χ4n) is 1.60. The Kier molecular flexibility index (Phi) is 3.99. The van der Waals surface area contributed by atoms with Crippen LogP contribution in [0.5, 0.6) is 11.5 Å². The van der Waals surface area contributed by atoms with Gasteiger partial charge in [0.1, 0.15) is 11.5 Å². The highest BCUT2D eigenvalue weighted by Crippen LogP contribution is 2.28. The normalized spacial score (nSPS) is 10.2. The summed E-state index contributed by atoms with van der Waals surface area (Å²) in [7, 11) is 0. The third-order valence-corrected chi connectivity index (χ3v) is 2.68. The Bertz CT molecular complexity index is 615. The maximum atomic E-state index is 10.7. The molecule has 98 valence electrons. The largest absolute Gasteiger partial charge is 0.457 e. The number of hydrogen-bond donors (Lipinski definition) is 1. The molecule has 2 aromatic carbocycles. The van der Waals surface area contributed by atoms with Crippen LogP contribution >= 0.6 is 11.6 Å². The van der Waals surface area contributed by atoms with Crippen LogP contribution in [-0.4, -0.2) is 10.0 Å². The van der Waals surface area contributed by atoms with Crippen molar-refractivity contribution in [2.75, 3.05) is 0 Å². The van der Waals surface area contributed by atoms with Gasteiger partial charge in [-0.1, -0.05) is 17.7 Å². The van der Waals surface area contributed by atoms with Crippen LogP contribution in [0, 0.1) is 10.1 Å². The average molecular weight is 280 g/mol. The van der Waals surface area contributed by atoms with Crippen molar-refractivity contribution in [3.05, 3.63) is 63.2 Å². The fraction of sp³-hybridized carbons (Fsp3) is 0.0769. The lowest BCUT2D eigenvalue weighted by atomic mass is 10.2. The van der Waals surface area contributed by atoms with Crippen LogP contribution in [-0.2, 0) is 6.61 Å². The number of aliphatic hydroxyl groups is 1. The van der Waals surface area contributed by atoms with E-state index in [-0.39, 0.29) is 11.3 Å². The maximum absolute atomic E-state index is 10.7. The number of nitro groups is 1. The molecule has 1 N–H and O–H groups in total. The summed E-state index contributed by atoms with van der Waals surface area (Å²) in [4.78, 5) is 10.2. The van der Waals surface area contributed by atoms with Crippen LogP contribution in [0.25, 0.3) is 0 Å². The summed E-state index contributed by atoms with van der Waals surface area (Å²) >= 11 is 5.83. The minimum Gasteiger partial charge on any atom is -0.457 e. The molecule has 0 aromatic heterocycles. The molecule has 0 aliphatic rings. The van der Waals surface area contributed by atoms with Crippen molar-refractivity contribution in [1.82, 2.24) is 0 Å². The minimum absolute atomic E-state index is 0.138. The SMILES string of the molecule is O=[N+]([O-])c1ccc(Oc2cccc(Cl)c2)cc1CO. The molecule has 0 saturated carbocycles. The topological polar surface area (TPSA) is 72.6 Å². The number of nitrogens with zero attached hydrogens (tertiary/aromatic N) is 1. The molecule has 19 heavy (non-hydrogen) atoms. The van der Waals surface area contributed by atoms with Crippen molar-refractivity contribution in [2.45, 2.75) is 6.61 Å². The molecule has 2 aromatic rings. The molecule has 0 aliphatic carbocycles. The van der Waals surface area contributed by atoms with Crippen molar-refractivity contribution in [2.24, 2.45) is 0 Å². The van der Waals surface area contributed by atoms with E-state index < -0.39 is 11.5 Å². The average Bonchev–Trinajstić information content (AvgIpc) is 2.38. The highest BCUT2D eigenvalue weighted by molar-refractivity contribution is 6.30. The highest BCUT2D eigenvalue weighted by Gasteiger charge is 2.14. The Labute approximate surface area is 114 Å². The van der Waals surface area contributed by atoms with Crippen LogP contribution < -0.4 is 4.74 Å². The molecule has 2 rings (SSSR count). The zero-order valence-corrected chi connectivity index (χ0v) is 10.5. The second kappa shape index (κ2) is 5.69. The maximum Gasteiger partial charge on any atom is 0.275 e. The molecule has 0 aliphatic heterocycles. The van der Waals surface area contributed by atoms with Gasteiger partial charge in [-0.25, -0.2) is 0 Å². The van der Waals surface area contributed by atoms with E-state index >= 15 is 0 Å². The van der Waals surface area contributed by atoms with E-state index in [1.165, 1.54) is 18.2 Å². The second-order valence-corrected chi connectivity index (χ2v) is 4.20. The van der Waals surface area contributed by atoms with Crippen molar-refractivity contribution >= 4 is 17.3 Å². The Morgan fingerprint density at radius 1 is 1.21 bits per heavy atom. The zero-order valence-electron chi connectivity index (χ0n) is 9.75. The third-order valence-electron chi connectivity index (χ3n) is 2.45. The van der Waals surface area contributed by atoms with E-state index in [4.69, 9.17) is 21.4 Å². The fourth-order valence-corrected chi connectivity index (χ4v) is 1.78. The summed E-state index contributed by atoms with van der Waals surface area (Å²) in [5.74, 6) is 0.919. The van der Waals surface area contributed by atoms with E-state index in [0.29, 0.717) is 16.5 Å². The summed E-state index contributed by atoms with van der Waals surface area (Å²) < 4.78 is 5.52. The minimum atomic E-state index is -0.547. The highest BCUT2D eigenvalue weighted by atomic mass is 35.5. The molecule has 6 heteroatoms. The van der Waals surface area contributed by atoms with Crippen molar-refractivity contribution in [3.63, 3.8) is 0 Å². The number of benzene rings is 2. The Balaban J connectivity index is 2.29. The van der Waals surface area contributed by atoms with Crippen molar-refractivity contribution < 1.29 is 14.8 Å². The summed E-state index contributed by atoms with van der Waals surface area (Å²) in [5.41, 5.74) is 0.0606. The van der Waals surface area contributed by atoms with Gasteiger partial charge in [0.15, 0.2) is 0 Å². The molecule has 0 heterocycles. The van der Waals surface area contributed by atoms with E-state index in [1.807, 2.05) is 0 Å². The molecule has 0 fully saturated rings. The van der Waals surface area contributed by atoms with E-state index in [0.717, 1.165) is 0 Å². The Morgan fingerprint density at radius 3 is 2.58 bits per heavy atom.